The molecule has 3 heteroatoms. The van der Waals surface area contributed by atoms with Crippen molar-refractivity contribution in [2.45, 2.75) is 6.04 Å². The zero-order valence-corrected chi connectivity index (χ0v) is 5.43. The molecule has 0 spiro atoms. The molecule has 0 aliphatic heterocycles. The van der Waals surface area contributed by atoms with Gasteiger partial charge in [0.2, 0.25) is 0 Å². The normalized spacial score (nSPS) is 26.2. The van der Waals surface area contributed by atoms with Crippen LogP contribution in [0.2, 0.25) is 0 Å². The predicted octanol–water partition coefficient (Wildman–Crippen LogP) is 0.575. The van der Waals surface area contributed by atoms with Crippen LogP contribution < -0.4 is 5.73 Å². The van der Waals surface area contributed by atoms with Gasteiger partial charge in [-0.25, -0.2) is 0 Å². The van der Waals surface area contributed by atoms with E-state index in [1.54, 1.807) is 12.2 Å². The number of ketones is 1. The van der Waals surface area contributed by atoms with Crippen molar-refractivity contribution in [3.8, 4) is 0 Å². The molecule has 0 heterocycles. The van der Waals surface area contributed by atoms with Gasteiger partial charge in [0.1, 0.15) is 0 Å². The number of carbonyl (C=O) groups excluding carboxylic acids is 1. The van der Waals surface area contributed by atoms with Crippen LogP contribution in [-0.4, -0.2) is 11.8 Å². The summed E-state index contributed by atoms with van der Waals surface area (Å²) in [6.07, 6.45) is 4.52. The second-order valence-electron chi connectivity index (χ2n) is 1.82. The lowest BCUT2D eigenvalue weighted by Crippen LogP contribution is -2.28. The molecule has 0 aromatic heterocycles. The molecule has 0 saturated heterocycles. The summed E-state index contributed by atoms with van der Waals surface area (Å²) < 4.78 is 0. The van der Waals surface area contributed by atoms with Gasteiger partial charge in [0.15, 0.2) is 5.78 Å². The smallest absolute Gasteiger partial charge is 0.177 e. The van der Waals surface area contributed by atoms with Crippen LogP contribution in [-0.2, 0) is 4.79 Å². The molecule has 0 fully saturated rings. The van der Waals surface area contributed by atoms with Crippen LogP contribution in [0.3, 0.4) is 0 Å². The van der Waals surface area contributed by atoms with Crippen molar-refractivity contribution < 1.29 is 4.79 Å². The molecule has 1 rings (SSSR count). The highest BCUT2D eigenvalue weighted by Gasteiger charge is 2.10. The Labute approximate surface area is 58.0 Å². The molecule has 0 saturated carbocycles. The topological polar surface area (TPSA) is 43.1 Å². The summed E-state index contributed by atoms with van der Waals surface area (Å²) in [6, 6.07) is -0.493. The van der Waals surface area contributed by atoms with Crippen molar-refractivity contribution in [1.29, 1.82) is 0 Å². The van der Waals surface area contributed by atoms with Crippen molar-refractivity contribution >= 4 is 17.4 Å². The second-order valence-corrected chi connectivity index (χ2v) is 2.25. The van der Waals surface area contributed by atoms with Gasteiger partial charge in [-0.15, -0.1) is 0 Å². The zero-order chi connectivity index (χ0) is 6.85. The molecule has 0 bridgehead atoms. The Morgan fingerprint density at radius 1 is 1.67 bits per heavy atom. The number of hydrogen-bond donors (Lipinski definition) is 1. The third kappa shape index (κ3) is 1.40. The van der Waals surface area contributed by atoms with Gasteiger partial charge in [-0.2, -0.15) is 0 Å². The predicted molar refractivity (Wildman–Crippen MR) is 36.1 cm³/mol. The van der Waals surface area contributed by atoms with Gasteiger partial charge in [-0.3, -0.25) is 4.79 Å². The zero-order valence-electron chi connectivity index (χ0n) is 4.67. The van der Waals surface area contributed by atoms with Gasteiger partial charge < -0.3 is 5.73 Å². The van der Waals surface area contributed by atoms with E-state index in [1.807, 2.05) is 0 Å². The Morgan fingerprint density at radius 2 is 2.33 bits per heavy atom. The minimum absolute atomic E-state index is 0.137. The summed E-state index contributed by atoms with van der Waals surface area (Å²) in [4.78, 5) is 10.7. The molecule has 1 atom stereocenters. The van der Waals surface area contributed by atoms with Gasteiger partial charge in [0.05, 0.1) is 6.04 Å². The molecule has 2 nitrogen and oxygen atoms in total. The number of halogens is 1. The van der Waals surface area contributed by atoms with E-state index in [0.29, 0.717) is 5.03 Å². The van der Waals surface area contributed by atoms with E-state index in [1.165, 1.54) is 6.08 Å². The van der Waals surface area contributed by atoms with Gasteiger partial charge in [-0.1, -0.05) is 17.7 Å². The highest BCUT2D eigenvalue weighted by Crippen LogP contribution is 2.09. The van der Waals surface area contributed by atoms with Crippen molar-refractivity contribution in [3.05, 3.63) is 23.3 Å². The maximum Gasteiger partial charge on any atom is 0.177 e. The summed E-state index contributed by atoms with van der Waals surface area (Å²) in [5.41, 5.74) is 5.30. The first-order valence-corrected chi connectivity index (χ1v) is 2.93. The number of nitrogens with two attached hydrogens (primary N) is 1. The first-order chi connectivity index (χ1) is 4.20. The Hall–Kier alpha value is -0.600. The highest BCUT2D eigenvalue weighted by atomic mass is 35.5. The van der Waals surface area contributed by atoms with E-state index in [-0.39, 0.29) is 5.78 Å². The Balaban J connectivity index is 2.82. The number of allylic oxidation sites excluding steroid dienone is 2. The van der Waals surface area contributed by atoms with Gasteiger partial charge in [0, 0.05) is 11.1 Å². The average Bonchev–Trinajstić information content (AvgIpc) is 1.80. The van der Waals surface area contributed by atoms with Crippen LogP contribution in [0.15, 0.2) is 23.3 Å². The number of hydrogen-bond acceptors (Lipinski definition) is 2. The summed E-state index contributed by atoms with van der Waals surface area (Å²) >= 11 is 5.47. The Kier molecular flexibility index (Phi) is 1.69. The second kappa shape index (κ2) is 2.33. The third-order valence-corrected chi connectivity index (χ3v) is 1.31. The van der Waals surface area contributed by atoms with E-state index in [0.717, 1.165) is 0 Å². The van der Waals surface area contributed by atoms with E-state index >= 15 is 0 Å². The molecule has 48 valence electrons. The molecule has 1 unspecified atom stereocenters. The molecule has 0 radical (unpaired) electrons. The minimum Gasteiger partial charge on any atom is -0.318 e. The molecule has 1 aliphatic carbocycles. The molecule has 0 aromatic carbocycles. The van der Waals surface area contributed by atoms with E-state index in [4.69, 9.17) is 17.3 Å². The lowest BCUT2D eigenvalue weighted by atomic mass is 10.1. The van der Waals surface area contributed by atoms with Crippen LogP contribution in [0.5, 0.6) is 0 Å². The fraction of sp³-hybridized carbons (Fsp3) is 0.167. The maximum atomic E-state index is 10.7. The Morgan fingerprint density at radius 3 is 2.78 bits per heavy atom. The fourth-order valence-electron chi connectivity index (χ4n) is 0.571. The van der Waals surface area contributed by atoms with Crippen LogP contribution in [0.1, 0.15) is 0 Å². The van der Waals surface area contributed by atoms with E-state index in [2.05, 4.69) is 0 Å². The van der Waals surface area contributed by atoms with Crippen LogP contribution in [0.4, 0.5) is 0 Å². The summed E-state index contributed by atoms with van der Waals surface area (Å²) in [7, 11) is 0. The number of carbonyl (C=O) groups is 1. The lowest BCUT2D eigenvalue weighted by molar-refractivity contribution is -0.114. The van der Waals surface area contributed by atoms with Crippen molar-refractivity contribution in [2.75, 3.05) is 0 Å². The monoisotopic (exact) mass is 143 g/mol. The van der Waals surface area contributed by atoms with Crippen molar-refractivity contribution in [2.24, 2.45) is 5.73 Å². The lowest BCUT2D eigenvalue weighted by Gasteiger charge is -2.04. The molecule has 9 heavy (non-hydrogen) atoms. The molecular weight excluding hydrogens is 138 g/mol. The number of rotatable bonds is 0. The van der Waals surface area contributed by atoms with E-state index < -0.39 is 6.04 Å². The van der Waals surface area contributed by atoms with Crippen molar-refractivity contribution in [1.82, 2.24) is 0 Å². The first kappa shape index (κ1) is 6.52. The quantitative estimate of drug-likeness (QED) is 0.539. The SMILES string of the molecule is NC1C=CC(Cl)=CC1=O. The molecule has 1 aliphatic rings. The fourth-order valence-corrected chi connectivity index (χ4v) is 0.751. The van der Waals surface area contributed by atoms with Gasteiger partial charge in [0.25, 0.3) is 0 Å². The van der Waals surface area contributed by atoms with Crippen LogP contribution in [0, 0.1) is 0 Å². The van der Waals surface area contributed by atoms with E-state index in [9.17, 15) is 4.79 Å². The van der Waals surface area contributed by atoms with Gasteiger partial charge >= 0.3 is 0 Å². The Bertz CT molecular complexity index is 195. The largest absolute Gasteiger partial charge is 0.318 e. The third-order valence-electron chi connectivity index (χ3n) is 1.07. The minimum atomic E-state index is -0.493. The summed E-state index contributed by atoms with van der Waals surface area (Å²) in [5, 5.41) is 0.446. The van der Waals surface area contributed by atoms with Crippen LogP contribution in [0.25, 0.3) is 0 Å². The molecule has 0 aromatic rings. The van der Waals surface area contributed by atoms with Crippen molar-refractivity contribution in [3.63, 3.8) is 0 Å². The summed E-state index contributed by atoms with van der Waals surface area (Å²) in [6.45, 7) is 0. The molecule has 2 N–H and O–H groups in total. The maximum absolute atomic E-state index is 10.7. The highest BCUT2D eigenvalue weighted by molar-refractivity contribution is 6.33. The molecular formula is C6H6ClNO. The van der Waals surface area contributed by atoms with Crippen LogP contribution >= 0.6 is 11.6 Å². The molecule has 0 amide bonds. The average molecular weight is 144 g/mol. The standard InChI is InChI=1S/C6H6ClNO/c7-4-1-2-5(8)6(9)3-4/h1-3,5H,8H2. The summed E-state index contributed by atoms with van der Waals surface area (Å²) in [5.74, 6) is -0.137. The first-order valence-electron chi connectivity index (χ1n) is 2.55. The van der Waals surface area contributed by atoms with Gasteiger partial charge in [-0.05, 0) is 6.08 Å².